The summed E-state index contributed by atoms with van der Waals surface area (Å²) in [4.78, 5) is 14.5. The quantitative estimate of drug-likeness (QED) is 0.804. The van der Waals surface area contributed by atoms with Crippen molar-refractivity contribution >= 4 is 10.0 Å². The molecular formula is C14H20N6O3S. The smallest absolute Gasteiger partial charge is 0.244 e. The number of nitrogens with one attached hydrogen (secondary N) is 1. The third-order valence-electron chi connectivity index (χ3n) is 3.89. The number of hydrogen-bond donors (Lipinski definition) is 1. The molecule has 0 radical (unpaired) electrons. The van der Waals surface area contributed by atoms with Crippen molar-refractivity contribution in [2.75, 3.05) is 19.3 Å². The van der Waals surface area contributed by atoms with Crippen LogP contribution in [0.3, 0.4) is 0 Å². The van der Waals surface area contributed by atoms with E-state index in [0.717, 1.165) is 0 Å². The van der Waals surface area contributed by atoms with Crippen molar-refractivity contribution in [3.8, 4) is 11.5 Å². The van der Waals surface area contributed by atoms with E-state index in [1.54, 1.807) is 18.6 Å². The van der Waals surface area contributed by atoms with Crippen molar-refractivity contribution in [1.29, 1.82) is 0 Å². The van der Waals surface area contributed by atoms with E-state index in [2.05, 4.69) is 24.8 Å². The molecular weight excluding hydrogens is 332 g/mol. The highest BCUT2D eigenvalue weighted by Crippen LogP contribution is 2.30. The second kappa shape index (κ2) is 6.91. The Kier molecular flexibility index (Phi) is 4.88. The van der Waals surface area contributed by atoms with E-state index in [1.807, 2.05) is 18.9 Å². The lowest BCUT2D eigenvalue weighted by Gasteiger charge is -2.14. The van der Waals surface area contributed by atoms with Gasteiger partial charge in [0.05, 0.1) is 18.0 Å². The molecule has 3 heterocycles. The first-order valence-electron chi connectivity index (χ1n) is 7.78. The van der Waals surface area contributed by atoms with E-state index in [9.17, 15) is 8.42 Å². The molecule has 1 fully saturated rings. The van der Waals surface area contributed by atoms with E-state index in [1.165, 1.54) is 0 Å². The average Bonchev–Trinajstić information content (AvgIpc) is 3.14. The molecule has 24 heavy (non-hydrogen) atoms. The van der Waals surface area contributed by atoms with E-state index in [0.29, 0.717) is 36.8 Å². The number of aromatic nitrogens is 4. The standard InChI is InChI=1S/C14H20N6O3S/c1-3-6-24(21,22)19-10-7-12(20(2)9-10)14-17-13(18-23-14)11-8-15-4-5-16-11/h4-5,8,10,12,19H,3,6-7,9H2,1-2H3/t10-,12-/m0/s1. The fourth-order valence-corrected chi connectivity index (χ4v) is 4.18. The third-order valence-corrected chi connectivity index (χ3v) is 5.52. The lowest BCUT2D eigenvalue weighted by molar-refractivity contribution is 0.244. The fraction of sp³-hybridized carbons (Fsp3) is 0.571. The van der Waals surface area contributed by atoms with Crippen LogP contribution in [-0.2, 0) is 10.0 Å². The molecule has 1 N–H and O–H groups in total. The second-order valence-electron chi connectivity index (χ2n) is 5.87. The molecule has 2 atom stereocenters. The molecule has 0 unspecified atom stereocenters. The van der Waals surface area contributed by atoms with Gasteiger partial charge in [-0.1, -0.05) is 12.1 Å². The number of sulfonamides is 1. The van der Waals surface area contributed by atoms with Gasteiger partial charge in [-0.05, 0) is 19.9 Å². The number of likely N-dealkylation sites (N-methyl/N-ethyl adjacent to an activating group) is 1. The first-order valence-corrected chi connectivity index (χ1v) is 9.44. The lowest BCUT2D eigenvalue weighted by atomic mass is 10.2. The number of likely N-dealkylation sites (tertiary alicyclic amines) is 1. The van der Waals surface area contributed by atoms with Crippen molar-refractivity contribution in [2.45, 2.75) is 31.8 Å². The minimum Gasteiger partial charge on any atom is -0.337 e. The summed E-state index contributed by atoms with van der Waals surface area (Å²) in [6, 6.07) is -0.291. The zero-order chi connectivity index (χ0) is 17.2. The molecule has 0 amide bonds. The van der Waals surface area contributed by atoms with Crippen LogP contribution in [0.4, 0.5) is 0 Å². The summed E-state index contributed by atoms with van der Waals surface area (Å²) in [5, 5.41) is 3.94. The minimum atomic E-state index is -3.24. The van der Waals surface area contributed by atoms with Crippen molar-refractivity contribution in [3.05, 3.63) is 24.5 Å². The summed E-state index contributed by atoms with van der Waals surface area (Å²) >= 11 is 0. The summed E-state index contributed by atoms with van der Waals surface area (Å²) in [6.07, 6.45) is 5.87. The maximum absolute atomic E-state index is 11.9. The number of nitrogens with zero attached hydrogens (tertiary/aromatic N) is 5. The summed E-state index contributed by atoms with van der Waals surface area (Å²) in [5.74, 6) is 0.965. The molecule has 0 bridgehead atoms. The average molecular weight is 352 g/mol. The van der Waals surface area contributed by atoms with Gasteiger partial charge < -0.3 is 4.52 Å². The molecule has 1 aliphatic rings. The molecule has 2 aromatic heterocycles. The zero-order valence-electron chi connectivity index (χ0n) is 13.6. The Morgan fingerprint density at radius 3 is 2.96 bits per heavy atom. The molecule has 3 rings (SSSR count). The third kappa shape index (κ3) is 3.77. The van der Waals surface area contributed by atoms with Gasteiger partial charge in [-0.15, -0.1) is 0 Å². The van der Waals surface area contributed by atoms with Crippen LogP contribution in [0.5, 0.6) is 0 Å². The van der Waals surface area contributed by atoms with E-state index in [4.69, 9.17) is 4.52 Å². The van der Waals surface area contributed by atoms with Crippen molar-refractivity contribution in [2.24, 2.45) is 0 Å². The van der Waals surface area contributed by atoms with E-state index in [-0.39, 0.29) is 17.8 Å². The van der Waals surface area contributed by atoms with Crippen LogP contribution < -0.4 is 4.72 Å². The van der Waals surface area contributed by atoms with Crippen molar-refractivity contribution < 1.29 is 12.9 Å². The molecule has 0 aromatic carbocycles. The van der Waals surface area contributed by atoms with Gasteiger partial charge in [0.15, 0.2) is 0 Å². The first-order chi connectivity index (χ1) is 11.5. The zero-order valence-corrected chi connectivity index (χ0v) is 14.4. The fourth-order valence-electron chi connectivity index (χ4n) is 2.84. The minimum absolute atomic E-state index is 0.128. The van der Waals surface area contributed by atoms with Crippen LogP contribution in [0.2, 0.25) is 0 Å². The van der Waals surface area contributed by atoms with E-state index < -0.39 is 10.0 Å². The van der Waals surface area contributed by atoms with Crippen LogP contribution in [0, 0.1) is 0 Å². The van der Waals surface area contributed by atoms with Crippen LogP contribution in [0.25, 0.3) is 11.5 Å². The summed E-state index contributed by atoms with van der Waals surface area (Å²) in [5.41, 5.74) is 0.536. The van der Waals surface area contributed by atoms with Crippen LogP contribution in [0.15, 0.2) is 23.1 Å². The van der Waals surface area contributed by atoms with Gasteiger partial charge in [-0.3, -0.25) is 9.88 Å². The van der Waals surface area contributed by atoms with Gasteiger partial charge in [0.25, 0.3) is 0 Å². The topological polar surface area (TPSA) is 114 Å². The molecule has 0 saturated carbocycles. The molecule has 9 nitrogen and oxygen atoms in total. The molecule has 2 aromatic rings. The Morgan fingerprint density at radius 1 is 1.42 bits per heavy atom. The predicted octanol–water partition coefficient (Wildman–Crippen LogP) is 0.601. The summed E-state index contributed by atoms with van der Waals surface area (Å²) in [6.45, 7) is 2.44. The Bertz CT molecular complexity index is 779. The molecule has 1 aliphatic heterocycles. The molecule has 0 spiro atoms. The van der Waals surface area contributed by atoms with Gasteiger partial charge in [0, 0.05) is 25.0 Å². The first kappa shape index (κ1) is 16.9. The van der Waals surface area contributed by atoms with Gasteiger partial charge >= 0.3 is 0 Å². The predicted molar refractivity (Wildman–Crippen MR) is 86.3 cm³/mol. The highest BCUT2D eigenvalue weighted by molar-refractivity contribution is 7.89. The second-order valence-corrected chi connectivity index (χ2v) is 7.75. The molecule has 130 valence electrons. The summed E-state index contributed by atoms with van der Waals surface area (Å²) < 4.78 is 32.0. The Balaban J connectivity index is 1.71. The van der Waals surface area contributed by atoms with E-state index >= 15 is 0 Å². The Morgan fingerprint density at radius 2 is 2.25 bits per heavy atom. The van der Waals surface area contributed by atoms with Gasteiger partial charge in [-0.2, -0.15) is 4.98 Å². The lowest BCUT2D eigenvalue weighted by Crippen LogP contribution is -2.37. The highest BCUT2D eigenvalue weighted by atomic mass is 32.2. The molecule has 1 saturated heterocycles. The highest BCUT2D eigenvalue weighted by Gasteiger charge is 2.36. The van der Waals surface area contributed by atoms with Crippen LogP contribution in [-0.4, -0.2) is 58.8 Å². The van der Waals surface area contributed by atoms with Gasteiger partial charge in [0.2, 0.25) is 21.7 Å². The van der Waals surface area contributed by atoms with Crippen LogP contribution in [0.1, 0.15) is 31.7 Å². The Hall–Kier alpha value is -1.91. The van der Waals surface area contributed by atoms with Gasteiger partial charge in [-0.25, -0.2) is 18.1 Å². The SMILES string of the molecule is CCCS(=O)(=O)N[C@H]1C[C@@H](c2nc(-c3cnccn3)no2)N(C)C1. The van der Waals surface area contributed by atoms with Gasteiger partial charge in [0.1, 0.15) is 5.69 Å². The maximum atomic E-state index is 11.9. The van der Waals surface area contributed by atoms with Crippen molar-refractivity contribution in [1.82, 2.24) is 29.7 Å². The molecule has 0 aliphatic carbocycles. The summed E-state index contributed by atoms with van der Waals surface area (Å²) in [7, 11) is -1.34. The number of hydrogen-bond acceptors (Lipinski definition) is 8. The Labute approximate surface area is 140 Å². The van der Waals surface area contributed by atoms with Crippen LogP contribution >= 0.6 is 0 Å². The monoisotopic (exact) mass is 352 g/mol. The maximum Gasteiger partial charge on any atom is 0.244 e. The number of rotatable bonds is 6. The molecule has 10 heteroatoms. The largest absolute Gasteiger partial charge is 0.337 e. The van der Waals surface area contributed by atoms with Crippen molar-refractivity contribution in [3.63, 3.8) is 0 Å². The normalized spacial score (nSPS) is 22.1.